The van der Waals surface area contributed by atoms with Crippen LogP contribution in [-0.4, -0.2) is 47.0 Å². The SMILES string of the molecule is Cc1cnc(C)c(N2CCCN(C(=O)c3ccccc3Cl)CC2)n1. The first-order chi connectivity index (χ1) is 11.6. The molecule has 0 unspecified atom stereocenters. The van der Waals surface area contributed by atoms with Crippen LogP contribution >= 0.6 is 11.6 Å². The fourth-order valence-electron chi connectivity index (χ4n) is 2.96. The number of aryl methyl sites for hydroxylation is 2. The summed E-state index contributed by atoms with van der Waals surface area (Å²) in [5, 5.41) is 0.504. The molecule has 0 N–H and O–H groups in total. The predicted molar refractivity (Wildman–Crippen MR) is 95.7 cm³/mol. The molecule has 1 aliphatic heterocycles. The van der Waals surface area contributed by atoms with Crippen molar-refractivity contribution in [1.82, 2.24) is 14.9 Å². The van der Waals surface area contributed by atoms with E-state index in [2.05, 4.69) is 14.9 Å². The molecule has 3 rings (SSSR count). The van der Waals surface area contributed by atoms with Gasteiger partial charge in [-0.15, -0.1) is 0 Å². The number of amides is 1. The van der Waals surface area contributed by atoms with E-state index in [1.807, 2.05) is 30.9 Å². The normalized spacial score (nSPS) is 15.3. The van der Waals surface area contributed by atoms with Gasteiger partial charge in [-0.25, -0.2) is 4.98 Å². The molecule has 0 saturated carbocycles. The largest absolute Gasteiger partial charge is 0.353 e. The number of rotatable bonds is 2. The van der Waals surface area contributed by atoms with Crippen LogP contribution in [0.25, 0.3) is 0 Å². The van der Waals surface area contributed by atoms with E-state index < -0.39 is 0 Å². The molecule has 1 saturated heterocycles. The van der Waals surface area contributed by atoms with E-state index in [0.717, 1.165) is 43.3 Å². The molecule has 2 aromatic rings. The summed E-state index contributed by atoms with van der Waals surface area (Å²) in [7, 11) is 0. The minimum atomic E-state index is -0.00509. The van der Waals surface area contributed by atoms with Gasteiger partial charge in [-0.1, -0.05) is 23.7 Å². The molecule has 1 aromatic carbocycles. The van der Waals surface area contributed by atoms with Crippen LogP contribution in [0.4, 0.5) is 5.82 Å². The van der Waals surface area contributed by atoms with Gasteiger partial charge in [0.25, 0.3) is 5.91 Å². The lowest BCUT2D eigenvalue weighted by molar-refractivity contribution is 0.0767. The molecular weight excluding hydrogens is 324 g/mol. The Labute approximate surface area is 147 Å². The molecule has 1 amide bonds. The number of carbonyl (C=O) groups excluding carboxylic acids is 1. The van der Waals surface area contributed by atoms with Gasteiger partial charge in [0.05, 0.1) is 22.0 Å². The summed E-state index contributed by atoms with van der Waals surface area (Å²) in [5.74, 6) is 0.913. The highest BCUT2D eigenvalue weighted by atomic mass is 35.5. The lowest BCUT2D eigenvalue weighted by Crippen LogP contribution is -2.35. The van der Waals surface area contributed by atoms with Crippen LogP contribution in [0.3, 0.4) is 0 Å². The van der Waals surface area contributed by atoms with Gasteiger partial charge >= 0.3 is 0 Å². The monoisotopic (exact) mass is 344 g/mol. The molecule has 2 heterocycles. The summed E-state index contributed by atoms with van der Waals surface area (Å²) in [5.41, 5.74) is 2.40. The maximum Gasteiger partial charge on any atom is 0.255 e. The van der Waals surface area contributed by atoms with Crippen molar-refractivity contribution >= 4 is 23.3 Å². The van der Waals surface area contributed by atoms with Crippen molar-refractivity contribution < 1.29 is 4.79 Å². The fraction of sp³-hybridized carbons (Fsp3) is 0.389. The van der Waals surface area contributed by atoms with Gasteiger partial charge in [-0.3, -0.25) is 9.78 Å². The van der Waals surface area contributed by atoms with Crippen molar-refractivity contribution in [1.29, 1.82) is 0 Å². The Balaban J connectivity index is 1.75. The van der Waals surface area contributed by atoms with Gasteiger partial charge in [0, 0.05) is 32.4 Å². The second-order valence-corrected chi connectivity index (χ2v) is 6.44. The van der Waals surface area contributed by atoms with Gasteiger partial charge in [-0.2, -0.15) is 0 Å². The van der Waals surface area contributed by atoms with E-state index in [1.54, 1.807) is 18.3 Å². The van der Waals surface area contributed by atoms with Crippen molar-refractivity contribution in [2.75, 3.05) is 31.1 Å². The molecular formula is C18H21ClN4O. The fourth-order valence-corrected chi connectivity index (χ4v) is 3.18. The topological polar surface area (TPSA) is 49.3 Å². The van der Waals surface area contributed by atoms with E-state index >= 15 is 0 Å². The van der Waals surface area contributed by atoms with Crippen LogP contribution in [0.1, 0.15) is 28.2 Å². The van der Waals surface area contributed by atoms with Crippen molar-refractivity contribution in [2.45, 2.75) is 20.3 Å². The summed E-state index contributed by atoms with van der Waals surface area (Å²) < 4.78 is 0. The first kappa shape index (κ1) is 16.7. The second-order valence-electron chi connectivity index (χ2n) is 6.03. The highest BCUT2D eigenvalue weighted by Gasteiger charge is 2.23. The number of halogens is 1. The quantitative estimate of drug-likeness (QED) is 0.840. The number of hydrogen-bond acceptors (Lipinski definition) is 4. The van der Waals surface area contributed by atoms with Crippen LogP contribution in [0.2, 0.25) is 5.02 Å². The van der Waals surface area contributed by atoms with Crippen molar-refractivity contribution in [2.24, 2.45) is 0 Å². The molecule has 1 aromatic heterocycles. The van der Waals surface area contributed by atoms with E-state index in [1.165, 1.54) is 0 Å². The van der Waals surface area contributed by atoms with Gasteiger partial charge in [0.2, 0.25) is 0 Å². The van der Waals surface area contributed by atoms with Crippen molar-refractivity contribution in [3.05, 3.63) is 52.4 Å². The first-order valence-electron chi connectivity index (χ1n) is 8.15. The summed E-state index contributed by atoms with van der Waals surface area (Å²) >= 11 is 6.17. The molecule has 0 aliphatic carbocycles. The van der Waals surface area contributed by atoms with E-state index in [9.17, 15) is 4.79 Å². The standard InChI is InChI=1S/C18H21ClN4O/c1-13-12-20-14(2)17(21-13)22-8-5-9-23(11-10-22)18(24)15-6-3-4-7-16(15)19/h3-4,6-7,12H,5,8-11H2,1-2H3. The molecule has 1 fully saturated rings. The van der Waals surface area contributed by atoms with Gasteiger partial charge < -0.3 is 9.80 Å². The second kappa shape index (κ2) is 7.18. The average Bonchev–Trinajstić information content (AvgIpc) is 2.83. The molecule has 0 radical (unpaired) electrons. The third-order valence-corrected chi connectivity index (χ3v) is 4.57. The summed E-state index contributed by atoms with van der Waals surface area (Å²) in [6.07, 6.45) is 2.68. The van der Waals surface area contributed by atoms with Gasteiger partial charge in [0.15, 0.2) is 0 Å². The lowest BCUT2D eigenvalue weighted by Gasteiger charge is -2.24. The average molecular weight is 345 g/mol. The third kappa shape index (κ3) is 3.51. The van der Waals surface area contributed by atoms with Crippen molar-refractivity contribution in [3.8, 4) is 0 Å². The highest BCUT2D eigenvalue weighted by molar-refractivity contribution is 6.33. The van der Waals surface area contributed by atoms with Crippen LogP contribution in [0.15, 0.2) is 30.5 Å². The number of aromatic nitrogens is 2. The van der Waals surface area contributed by atoms with Crippen LogP contribution in [0.5, 0.6) is 0 Å². The van der Waals surface area contributed by atoms with Crippen LogP contribution in [0, 0.1) is 13.8 Å². The lowest BCUT2D eigenvalue weighted by atomic mass is 10.2. The summed E-state index contributed by atoms with van der Waals surface area (Å²) in [6.45, 7) is 6.90. The smallest absolute Gasteiger partial charge is 0.255 e. The van der Waals surface area contributed by atoms with E-state index in [0.29, 0.717) is 17.1 Å². The van der Waals surface area contributed by atoms with E-state index in [4.69, 9.17) is 11.6 Å². The predicted octanol–water partition coefficient (Wildman–Crippen LogP) is 3.10. The number of hydrogen-bond donors (Lipinski definition) is 0. The van der Waals surface area contributed by atoms with Crippen molar-refractivity contribution in [3.63, 3.8) is 0 Å². The Morgan fingerprint density at radius 3 is 2.71 bits per heavy atom. The summed E-state index contributed by atoms with van der Waals surface area (Å²) in [6, 6.07) is 7.21. The Morgan fingerprint density at radius 2 is 1.92 bits per heavy atom. The van der Waals surface area contributed by atoms with E-state index in [-0.39, 0.29) is 5.91 Å². The zero-order chi connectivity index (χ0) is 17.1. The number of nitrogens with zero attached hydrogens (tertiary/aromatic N) is 4. The molecule has 24 heavy (non-hydrogen) atoms. The minimum Gasteiger partial charge on any atom is -0.353 e. The zero-order valence-corrected chi connectivity index (χ0v) is 14.8. The Hall–Kier alpha value is -2.14. The van der Waals surface area contributed by atoms with Gasteiger partial charge in [0.1, 0.15) is 5.82 Å². The molecule has 0 spiro atoms. The molecule has 126 valence electrons. The molecule has 0 bridgehead atoms. The zero-order valence-electron chi connectivity index (χ0n) is 14.0. The maximum absolute atomic E-state index is 12.7. The van der Waals surface area contributed by atoms with Gasteiger partial charge in [-0.05, 0) is 32.4 Å². The molecule has 1 aliphatic rings. The first-order valence-corrected chi connectivity index (χ1v) is 8.53. The minimum absolute atomic E-state index is 0.00509. The number of benzene rings is 1. The van der Waals surface area contributed by atoms with Crippen LogP contribution < -0.4 is 4.90 Å². The Kier molecular flexibility index (Phi) is 5.00. The Bertz CT molecular complexity index is 750. The molecule has 0 atom stereocenters. The maximum atomic E-state index is 12.7. The molecule has 5 nitrogen and oxygen atoms in total. The third-order valence-electron chi connectivity index (χ3n) is 4.24. The Morgan fingerprint density at radius 1 is 1.12 bits per heavy atom. The number of anilines is 1. The van der Waals surface area contributed by atoms with Crippen LogP contribution in [-0.2, 0) is 0 Å². The molecule has 6 heteroatoms. The summed E-state index contributed by atoms with van der Waals surface area (Å²) in [4.78, 5) is 25.8. The number of carbonyl (C=O) groups is 1. The highest BCUT2D eigenvalue weighted by Crippen LogP contribution is 2.20.